The van der Waals surface area contributed by atoms with Crippen LogP contribution in [0.4, 0.5) is 23.3 Å². The molecular formula is C25H37N7S. The summed E-state index contributed by atoms with van der Waals surface area (Å²) >= 11 is 5.51. The first-order valence-corrected chi connectivity index (χ1v) is 12.7. The highest BCUT2D eigenvalue weighted by Gasteiger charge is 2.24. The summed E-state index contributed by atoms with van der Waals surface area (Å²) in [6, 6.07) is 13.3. The topological polar surface area (TPSA) is 59.6 Å². The number of piperidine rings is 1. The van der Waals surface area contributed by atoms with E-state index in [1.54, 1.807) is 0 Å². The van der Waals surface area contributed by atoms with Crippen molar-refractivity contribution in [1.82, 2.24) is 15.3 Å². The molecule has 0 bridgehead atoms. The van der Waals surface area contributed by atoms with Crippen LogP contribution in [0.2, 0.25) is 0 Å². The lowest BCUT2D eigenvalue weighted by atomic mass is 10.0. The predicted molar refractivity (Wildman–Crippen MR) is 143 cm³/mol. The fourth-order valence-corrected chi connectivity index (χ4v) is 4.68. The zero-order valence-corrected chi connectivity index (χ0v) is 20.9. The highest BCUT2D eigenvalue weighted by molar-refractivity contribution is 7.80. The molecule has 2 N–H and O–H groups in total. The van der Waals surface area contributed by atoms with Crippen molar-refractivity contribution in [3.63, 3.8) is 0 Å². The second-order valence-corrected chi connectivity index (χ2v) is 9.89. The zero-order chi connectivity index (χ0) is 23.2. The summed E-state index contributed by atoms with van der Waals surface area (Å²) in [7, 11) is 0. The summed E-state index contributed by atoms with van der Waals surface area (Å²) in [5.74, 6) is 3.06. The average Bonchev–Trinajstić information content (AvgIpc) is 2.83. The number of rotatable bonds is 6. The first kappa shape index (κ1) is 23.5. The number of hydrogen-bond donors (Lipinski definition) is 2. The van der Waals surface area contributed by atoms with Crippen molar-refractivity contribution in [1.29, 1.82) is 0 Å². The molecule has 33 heavy (non-hydrogen) atoms. The Morgan fingerprint density at radius 2 is 1.70 bits per heavy atom. The summed E-state index contributed by atoms with van der Waals surface area (Å²) in [6.07, 6.45) is 3.69. The molecule has 8 heteroatoms. The fraction of sp³-hybridized carbons (Fsp3) is 0.560. The Bertz CT molecular complexity index is 912. The smallest absolute Gasteiger partial charge is 0.232 e. The van der Waals surface area contributed by atoms with Crippen molar-refractivity contribution in [2.75, 3.05) is 59.3 Å². The Morgan fingerprint density at radius 3 is 2.39 bits per heavy atom. The number of anilines is 4. The van der Waals surface area contributed by atoms with Crippen molar-refractivity contribution in [2.45, 2.75) is 46.1 Å². The quantitative estimate of drug-likeness (QED) is 0.615. The molecule has 2 aliphatic heterocycles. The van der Waals surface area contributed by atoms with Gasteiger partial charge >= 0.3 is 0 Å². The van der Waals surface area contributed by atoms with Crippen LogP contribution >= 0.6 is 12.2 Å². The molecule has 2 saturated heterocycles. The molecule has 0 spiro atoms. The van der Waals surface area contributed by atoms with Crippen LogP contribution in [0.1, 0.15) is 40.0 Å². The van der Waals surface area contributed by atoms with Crippen LogP contribution in [0.3, 0.4) is 0 Å². The van der Waals surface area contributed by atoms with Gasteiger partial charge in [-0.25, -0.2) is 0 Å². The van der Waals surface area contributed by atoms with Gasteiger partial charge < -0.3 is 25.3 Å². The Balaban J connectivity index is 1.52. The van der Waals surface area contributed by atoms with Crippen LogP contribution in [0.5, 0.6) is 0 Å². The molecular weight excluding hydrogens is 430 g/mol. The van der Waals surface area contributed by atoms with Gasteiger partial charge in [0.05, 0.1) is 0 Å². The minimum atomic E-state index is 0.482. The lowest BCUT2D eigenvalue weighted by molar-refractivity contribution is 0.481. The standard InChI is InChI=1S/C25H37N7S/c1-19(2)18-26-25(33)29-24-27-22(17-23(28-24)32-12-8-7-9-20(32)3)31-15-13-30(14-16-31)21-10-5-4-6-11-21/h4-6,10-11,17,19-20H,7-9,12-16,18H2,1-3H3,(H2,26,27,28,29,33)/t20-/m0/s1. The Hall–Kier alpha value is -2.61. The van der Waals surface area contributed by atoms with Gasteiger partial charge in [0.2, 0.25) is 5.95 Å². The van der Waals surface area contributed by atoms with Crippen LogP contribution in [-0.2, 0) is 0 Å². The summed E-state index contributed by atoms with van der Waals surface area (Å²) < 4.78 is 0. The average molecular weight is 468 g/mol. The third-order valence-electron chi connectivity index (χ3n) is 6.42. The monoisotopic (exact) mass is 467 g/mol. The van der Waals surface area contributed by atoms with Gasteiger partial charge in [-0.2, -0.15) is 9.97 Å². The van der Waals surface area contributed by atoms with E-state index in [-0.39, 0.29) is 0 Å². The lowest BCUT2D eigenvalue weighted by Gasteiger charge is -2.38. The summed E-state index contributed by atoms with van der Waals surface area (Å²) in [6.45, 7) is 12.3. The molecule has 0 unspecified atom stereocenters. The second kappa shape index (κ2) is 11.0. The minimum absolute atomic E-state index is 0.482. The van der Waals surface area contributed by atoms with E-state index in [1.807, 2.05) is 0 Å². The highest BCUT2D eigenvalue weighted by Crippen LogP contribution is 2.28. The fourth-order valence-electron chi connectivity index (χ4n) is 4.50. The van der Waals surface area contributed by atoms with E-state index >= 15 is 0 Å². The first-order valence-electron chi connectivity index (χ1n) is 12.2. The number of hydrogen-bond acceptors (Lipinski definition) is 6. The normalized spacial score (nSPS) is 19.0. The molecule has 0 amide bonds. The molecule has 2 fully saturated rings. The molecule has 2 aromatic rings. The van der Waals surface area contributed by atoms with Crippen LogP contribution in [0.25, 0.3) is 0 Å². The van der Waals surface area contributed by atoms with Crippen molar-refractivity contribution >= 4 is 40.6 Å². The highest BCUT2D eigenvalue weighted by atomic mass is 32.1. The van der Waals surface area contributed by atoms with Crippen LogP contribution in [0, 0.1) is 5.92 Å². The summed E-state index contributed by atoms with van der Waals surface area (Å²) in [5, 5.41) is 7.08. The maximum absolute atomic E-state index is 5.51. The van der Waals surface area contributed by atoms with E-state index in [2.05, 4.69) is 82.5 Å². The number of thiocarbonyl (C=S) groups is 1. The summed E-state index contributed by atoms with van der Waals surface area (Å²) in [4.78, 5) is 17.0. The molecule has 0 radical (unpaired) electrons. The zero-order valence-electron chi connectivity index (χ0n) is 20.1. The van der Waals surface area contributed by atoms with E-state index in [4.69, 9.17) is 22.2 Å². The Kier molecular flexibility index (Phi) is 7.85. The number of piperazine rings is 1. The van der Waals surface area contributed by atoms with Gasteiger partial charge in [0.15, 0.2) is 5.11 Å². The maximum Gasteiger partial charge on any atom is 0.232 e. The molecule has 0 saturated carbocycles. The molecule has 2 aliphatic rings. The van der Waals surface area contributed by atoms with Gasteiger partial charge in [0, 0.05) is 57.1 Å². The minimum Gasteiger partial charge on any atom is -0.368 e. The number of nitrogens with zero attached hydrogens (tertiary/aromatic N) is 5. The van der Waals surface area contributed by atoms with Crippen LogP contribution in [0.15, 0.2) is 36.4 Å². The second-order valence-electron chi connectivity index (χ2n) is 9.48. The van der Waals surface area contributed by atoms with Crippen LogP contribution < -0.4 is 25.3 Å². The molecule has 0 aliphatic carbocycles. The number of para-hydroxylation sites is 1. The number of nitrogens with one attached hydrogen (secondary N) is 2. The van der Waals surface area contributed by atoms with Crippen molar-refractivity contribution in [3.8, 4) is 0 Å². The Labute approximate surface area is 203 Å². The number of aromatic nitrogens is 2. The molecule has 1 atom stereocenters. The van der Waals surface area contributed by atoms with E-state index in [1.165, 1.54) is 24.9 Å². The molecule has 3 heterocycles. The Morgan fingerprint density at radius 1 is 1.00 bits per heavy atom. The molecule has 4 rings (SSSR count). The van der Waals surface area contributed by atoms with Crippen molar-refractivity contribution < 1.29 is 0 Å². The molecule has 1 aromatic heterocycles. The molecule has 1 aromatic carbocycles. The van der Waals surface area contributed by atoms with Gasteiger partial charge in [0.1, 0.15) is 11.6 Å². The van der Waals surface area contributed by atoms with Crippen molar-refractivity contribution in [3.05, 3.63) is 36.4 Å². The SMILES string of the molecule is CC(C)CNC(=S)Nc1nc(N2CCN(c3ccccc3)CC2)cc(N2CCCC[C@@H]2C)n1. The van der Waals surface area contributed by atoms with E-state index in [0.717, 1.165) is 50.9 Å². The third kappa shape index (κ3) is 6.25. The van der Waals surface area contributed by atoms with Gasteiger partial charge in [-0.1, -0.05) is 32.0 Å². The number of benzene rings is 1. The maximum atomic E-state index is 5.51. The van der Waals surface area contributed by atoms with Crippen molar-refractivity contribution in [2.24, 2.45) is 5.92 Å². The largest absolute Gasteiger partial charge is 0.368 e. The first-order chi connectivity index (χ1) is 16.0. The predicted octanol–water partition coefficient (Wildman–Crippen LogP) is 4.12. The molecule has 178 valence electrons. The van der Waals surface area contributed by atoms with Crippen LogP contribution in [-0.4, -0.2) is 60.4 Å². The third-order valence-corrected chi connectivity index (χ3v) is 6.66. The lowest BCUT2D eigenvalue weighted by Crippen LogP contribution is -2.47. The van der Waals surface area contributed by atoms with Gasteiger partial charge in [-0.05, 0) is 56.5 Å². The van der Waals surface area contributed by atoms with Gasteiger partial charge in [0.25, 0.3) is 0 Å². The molecule has 7 nitrogen and oxygen atoms in total. The summed E-state index contributed by atoms with van der Waals surface area (Å²) in [5.41, 5.74) is 1.28. The van der Waals surface area contributed by atoms with E-state index < -0.39 is 0 Å². The van der Waals surface area contributed by atoms with Gasteiger partial charge in [-0.15, -0.1) is 0 Å². The van der Waals surface area contributed by atoms with E-state index in [0.29, 0.717) is 23.0 Å². The van der Waals surface area contributed by atoms with Gasteiger partial charge in [-0.3, -0.25) is 0 Å². The van der Waals surface area contributed by atoms with E-state index in [9.17, 15) is 0 Å².